The molecule has 1 rings (SSSR count). The van der Waals surface area contributed by atoms with Gasteiger partial charge < -0.3 is 14.8 Å². The van der Waals surface area contributed by atoms with Crippen LogP contribution in [-0.2, 0) is 14.3 Å². The Morgan fingerprint density at radius 2 is 2.18 bits per heavy atom. The summed E-state index contributed by atoms with van der Waals surface area (Å²) in [5.74, 6) is 0.114. The van der Waals surface area contributed by atoms with Crippen LogP contribution in [0.4, 0.5) is 4.79 Å². The Morgan fingerprint density at radius 1 is 1.47 bits per heavy atom. The van der Waals surface area contributed by atoms with E-state index in [4.69, 9.17) is 9.47 Å². The van der Waals surface area contributed by atoms with Crippen LogP contribution in [0.15, 0.2) is 11.8 Å². The van der Waals surface area contributed by atoms with Gasteiger partial charge in [0.15, 0.2) is 5.76 Å². The molecule has 5 heteroatoms. The number of carbonyl (C=O) groups is 2. The molecule has 0 saturated heterocycles. The molecule has 0 aromatic heterocycles. The van der Waals surface area contributed by atoms with Crippen molar-refractivity contribution in [2.45, 2.75) is 39.2 Å². The van der Waals surface area contributed by atoms with E-state index in [0.717, 1.165) is 12.8 Å². The molecule has 1 amide bonds. The van der Waals surface area contributed by atoms with Crippen molar-refractivity contribution in [2.24, 2.45) is 0 Å². The lowest BCUT2D eigenvalue weighted by molar-refractivity contribution is -0.118. The van der Waals surface area contributed by atoms with Gasteiger partial charge in [-0.15, -0.1) is 0 Å². The van der Waals surface area contributed by atoms with Crippen molar-refractivity contribution in [2.75, 3.05) is 13.2 Å². The van der Waals surface area contributed by atoms with E-state index < -0.39 is 11.7 Å². The molecule has 1 aliphatic heterocycles. The van der Waals surface area contributed by atoms with Crippen LogP contribution < -0.4 is 5.32 Å². The molecular formula is C12H19NO4. The van der Waals surface area contributed by atoms with Crippen molar-refractivity contribution >= 4 is 11.9 Å². The van der Waals surface area contributed by atoms with E-state index in [2.05, 4.69) is 5.32 Å². The van der Waals surface area contributed by atoms with Gasteiger partial charge in [-0.1, -0.05) is 0 Å². The van der Waals surface area contributed by atoms with E-state index in [1.54, 1.807) is 26.8 Å². The normalized spacial score (nSPS) is 15.6. The van der Waals surface area contributed by atoms with Gasteiger partial charge >= 0.3 is 6.09 Å². The average Bonchev–Trinajstić information content (AvgIpc) is 2.25. The minimum atomic E-state index is -0.595. The highest BCUT2D eigenvalue weighted by Crippen LogP contribution is 2.10. The molecule has 0 unspecified atom stereocenters. The number of alkyl carbamates (subject to hydrolysis) is 1. The van der Waals surface area contributed by atoms with E-state index in [1.807, 2.05) is 0 Å². The van der Waals surface area contributed by atoms with Crippen molar-refractivity contribution < 1.29 is 19.1 Å². The summed E-state index contributed by atoms with van der Waals surface area (Å²) in [6.07, 6.45) is 2.93. The monoisotopic (exact) mass is 241 g/mol. The minimum absolute atomic E-state index is 0.0965. The minimum Gasteiger partial charge on any atom is -0.490 e. The lowest BCUT2D eigenvalue weighted by atomic mass is 10.2. The Balaban J connectivity index is 2.33. The number of ketones is 1. The fourth-order valence-corrected chi connectivity index (χ4v) is 1.31. The Hall–Kier alpha value is -1.52. The third-order valence-electron chi connectivity index (χ3n) is 2.00. The Bertz CT molecular complexity index is 328. The van der Waals surface area contributed by atoms with Gasteiger partial charge in [0.2, 0.25) is 5.78 Å². The third kappa shape index (κ3) is 5.38. The maximum Gasteiger partial charge on any atom is 0.408 e. The van der Waals surface area contributed by atoms with Gasteiger partial charge in [0.1, 0.15) is 5.60 Å². The SMILES string of the molecule is CC(C)(C)OC(=O)NCC(=O)C1=CCCCO1. The molecule has 0 spiro atoms. The van der Waals surface area contributed by atoms with E-state index in [9.17, 15) is 9.59 Å². The van der Waals surface area contributed by atoms with Crippen LogP contribution in [0.2, 0.25) is 0 Å². The van der Waals surface area contributed by atoms with E-state index in [1.165, 1.54) is 0 Å². The Morgan fingerprint density at radius 3 is 2.71 bits per heavy atom. The van der Waals surface area contributed by atoms with Crippen molar-refractivity contribution in [1.29, 1.82) is 0 Å². The predicted molar refractivity (Wildman–Crippen MR) is 62.5 cm³/mol. The molecule has 17 heavy (non-hydrogen) atoms. The number of allylic oxidation sites excluding steroid dienone is 1. The van der Waals surface area contributed by atoms with Crippen molar-refractivity contribution in [3.05, 3.63) is 11.8 Å². The summed E-state index contributed by atoms with van der Waals surface area (Å²) in [6.45, 7) is 5.76. The second kappa shape index (κ2) is 5.70. The molecule has 0 aromatic carbocycles. The summed E-state index contributed by atoms with van der Waals surface area (Å²) in [7, 11) is 0. The zero-order chi connectivity index (χ0) is 12.9. The number of amides is 1. The van der Waals surface area contributed by atoms with Crippen LogP contribution in [0.25, 0.3) is 0 Å². The first-order valence-corrected chi connectivity index (χ1v) is 5.71. The third-order valence-corrected chi connectivity index (χ3v) is 2.00. The number of rotatable bonds is 3. The van der Waals surface area contributed by atoms with Gasteiger partial charge in [0.05, 0.1) is 13.2 Å². The second-order valence-electron chi connectivity index (χ2n) is 4.84. The fourth-order valence-electron chi connectivity index (χ4n) is 1.31. The lowest BCUT2D eigenvalue weighted by Crippen LogP contribution is -2.36. The molecule has 1 heterocycles. The Kier molecular flexibility index (Phi) is 4.54. The van der Waals surface area contributed by atoms with Gasteiger partial charge in [0, 0.05) is 0 Å². The largest absolute Gasteiger partial charge is 0.490 e. The molecule has 0 aromatic rings. The predicted octanol–water partition coefficient (Wildman–Crippen LogP) is 1.77. The zero-order valence-electron chi connectivity index (χ0n) is 10.5. The molecule has 0 saturated carbocycles. The van der Waals surface area contributed by atoms with Crippen LogP contribution >= 0.6 is 0 Å². The summed E-state index contributed by atoms with van der Waals surface area (Å²) in [6, 6.07) is 0. The summed E-state index contributed by atoms with van der Waals surface area (Å²) >= 11 is 0. The topological polar surface area (TPSA) is 64.6 Å². The first kappa shape index (κ1) is 13.5. The lowest BCUT2D eigenvalue weighted by Gasteiger charge is -2.20. The number of hydrogen-bond acceptors (Lipinski definition) is 4. The first-order valence-electron chi connectivity index (χ1n) is 5.71. The van der Waals surface area contributed by atoms with E-state index in [-0.39, 0.29) is 12.3 Å². The Labute approximate surface area is 101 Å². The smallest absolute Gasteiger partial charge is 0.408 e. The van der Waals surface area contributed by atoms with E-state index >= 15 is 0 Å². The number of carbonyl (C=O) groups excluding carboxylic acids is 2. The van der Waals surface area contributed by atoms with Gasteiger partial charge in [-0.2, -0.15) is 0 Å². The highest BCUT2D eigenvalue weighted by atomic mass is 16.6. The maximum atomic E-state index is 11.6. The highest BCUT2D eigenvalue weighted by Gasteiger charge is 2.18. The molecule has 0 bridgehead atoms. The first-order chi connectivity index (χ1) is 7.88. The molecule has 5 nitrogen and oxygen atoms in total. The molecule has 0 radical (unpaired) electrons. The van der Waals surface area contributed by atoms with Crippen LogP contribution in [0.3, 0.4) is 0 Å². The average molecular weight is 241 g/mol. The molecule has 1 N–H and O–H groups in total. The molecule has 96 valence electrons. The number of ether oxygens (including phenoxy) is 2. The fraction of sp³-hybridized carbons (Fsp3) is 0.667. The van der Waals surface area contributed by atoms with Crippen LogP contribution in [0, 0.1) is 0 Å². The summed E-state index contributed by atoms with van der Waals surface area (Å²) < 4.78 is 10.2. The van der Waals surface area contributed by atoms with E-state index in [0.29, 0.717) is 12.4 Å². The van der Waals surface area contributed by atoms with Crippen LogP contribution in [0.1, 0.15) is 33.6 Å². The number of Topliss-reactive ketones (excluding diaryl/α,β-unsaturated/α-hetero) is 1. The van der Waals surface area contributed by atoms with Gasteiger partial charge in [-0.05, 0) is 39.7 Å². The van der Waals surface area contributed by atoms with Gasteiger partial charge in [0.25, 0.3) is 0 Å². The molecule has 1 aliphatic rings. The zero-order valence-corrected chi connectivity index (χ0v) is 10.5. The number of nitrogens with one attached hydrogen (secondary N) is 1. The summed E-state index contributed by atoms with van der Waals surface area (Å²) in [5.41, 5.74) is -0.562. The quantitative estimate of drug-likeness (QED) is 0.818. The highest BCUT2D eigenvalue weighted by molar-refractivity contribution is 5.96. The standard InChI is InChI=1S/C12H19NO4/c1-12(2,3)17-11(15)13-8-9(14)10-6-4-5-7-16-10/h6H,4-5,7-8H2,1-3H3,(H,13,15). The maximum absolute atomic E-state index is 11.6. The van der Waals surface area contributed by atoms with Crippen molar-refractivity contribution in [1.82, 2.24) is 5.32 Å². The van der Waals surface area contributed by atoms with Gasteiger partial charge in [-0.25, -0.2) is 4.79 Å². The molecule has 0 aliphatic carbocycles. The van der Waals surface area contributed by atoms with Crippen molar-refractivity contribution in [3.8, 4) is 0 Å². The van der Waals surface area contributed by atoms with Crippen molar-refractivity contribution in [3.63, 3.8) is 0 Å². The molecule has 0 atom stereocenters. The number of hydrogen-bond donors (Lipinski definition) is 1. The molecule has 0 fully saturated rings. The van der Waals surface area contributed by atoms with Crippen LogP contribution in [0.5, 0.6) is 0 Å². The summed E-state index contributed by atoms with van der Waals surface area (Å²) in [5, 5.41) is 2.40. The van der Waals surface area contributed by atoms with Crippen LogP contribution in [-0.4, -0.2) is 30.6 Å². The second-order valence-corrected chi connectivity index (χ2v) is 4.84. The molecular weight excluding hydrogens is 222 g/mol. The van der Waals surface area contributed by atoms with Gasteiger partial charge in [-0.3, -0.25) is 4.79 Å². The summed E-state index contributed by atoms with van der Waals surface area (Å²) in [4.78, 5) is 22.9.